The van der Waals surface area contributed by atoms with Crippen LogP contribution in [0.4, 0.5) is 0 Å². The molecule has 0 radical (unpaired) electrons. The highest BCUT2D eigenvalue weighted by Crippen LogP contribution is 2.14. The first-order valence-corrected chi connectivity index (χ1v) is 7.81. The van der Waals surface area contributed by atoms with Gasteiger partial charge in [0.25, 0.3) is 5.91 Å². The van der Waals surface area contributed by atoms with Gasteiger partial charge in [-0.2, -0.15) is 5.10 Å². The molecule has 7 heteroatoms. The second-order valence-electron chi connectivity index (χ2n) is 5.74. The van der Waals surface area contributed by atoms with Gasteiger partial charge in [-0.05, 0) is 23.8 Å². The van der Waals surface area contributed by atoms with Crippen LogP contribution in [0, 0.1) is 0 Å². The zero-order valence-electron chi connectivity index (χ0n) is 13.2. The third-order valence-corrected chi connectivity index (χ3v) is 3.93. The molecule has 1 N–H and O–H groups in total. The van der Waals surface area contributed by atoms with Crippen LogP contribution in [0.15, 0.2) is 42.7 Å². The van der Waals surface area contributed by atoms with Crippen LogP contribution >= 0.6 is 0 Å². The van der Waals surface area contributed by atoms with Crippen LogP contribution in [-0.4, -0.2) is 57.5 Å². The van der Waals surface area contributed by atoms with E-state index in [1.165, 1.54) is 0 Å². The number of aliphatic carboxylic acids is 1. The quantitative estimate of drug-likeness (QED) is 0.892. The van der Waals surface area contributed by atoms with E-state index in [4.69, 9.17) is 9.84 Å². The molecule has 126 valence electrons. The van der Waals surface area contributed by atoms with Gasteiger partial charge in [0.1, 0.15) is 0 Å². The van der Waals surface area contributed by atoms with Gasteiger partial charge in [-0.25, -0.2) is 0 Å². The molecule has 1 saturated heterocycles. The Kier molecular flexibility index (Phi) is 4.90. The normalized spacial score (nSPS) is 17.7. The topological polar surface area (TPSA) is 84.7 Å². The Morgan fingerprint density at radius 1 is 1.29 bits per heavy atom. The van der Waals surface area contributed by atoms with Crippen LogP contribution in [0.2, 0.25) is 0 Å². The molecular weight excluding hydrogens is 310 g/mol. The molecule has 0 spiro atoms. The zero-order chi connectivity index (χ0) is 16.9. The predicted octanol–water partition coefficient (Wildman–Crippen LogP) is 1.25. The summed E-state index contributed by atoms with van der Waals surface area (Å²) in [6.07, 6.45) is 3.07. The van der Waals surface area contributed by atoms with E-state index in [0.717, 1.165) is 5.56 Å². The molecule has 2 aromatic rings. The molecule has 1 aromatic carbocycles. The maximum atomic E-state index is 12.6. The Hall–Kier alpha value is -2.67. The minimum atomic E-state index is -0.919. The largest absolute Gasteiger partial charge is 0.481 e. The van der Waals surface area contributed by atoms with Crippen LogP contribution in [0.25, 0.3) is 0 Å². The molecule has 7 nitrogen and oxygen atoms in total. The van der Waals surface area contributed by atoms with Crippen LogP contribution in [0.3, 0.4) is 0 Å². The lowest BCUT2D eigenvalue weighted by atomic mass is 10.1. The summed E-state index contributed by atoms with van der Waals surface area (Å²) in [5.41, 5.74) is 1.65. The maximum absolute atomic E-state index is 12.6. The molecule has 1 atom stereocenters. The predicted molar refractivity (Wildman–Crippen MR) is 85.7 cm³/mol. The van der Waals surface area contributed by atoms with Gasteiger partial charge in [-0.1, -0.05) is 12.1 Å². The Bertz CT molecular complexity index is 697. The Morgan fingerprint density at radius 3 is 2.75 bits per heavy atom. The number of nitrogens with zero attached hydrogens (tertiary/aromatic N) is 3. The van der Waals surface area contributed by atoms with Crippen LogP contribution in [-0.2, 0) is 16.1 Å². The van der Waals surface area contributed by atoms with E-state index in [-0.39, 0.29) is 12.3 Å². The molecule has 1 aliphatic heterocycles. The lowest BCUT2D eigenvalue weighted by Crippen LogP contribution is -2.46. The fourth-order valence-corrected chi connectivity index (χ4v) is 2.74. The fourth-order valence-electron chi connectivity index (χ4n) is 2.74. The SMILES string of the molecule is O=C(O)C[C@@H]1CN(C(=O)c2ccc(Cn3cccn3)cc2)CCO1. The molecule has 0 bridgehead atoms. The highest BCUT2D eigenvalue weighted by molar-refractivity contribution is 5.94. The van der Waals surface area contributed by atoms with Crippen LogP contribution < -0.4 is 0 Å². The van der Waals surface area contributed by atoms with Crippen molar-refractivity contribution in [2.24, 2.45) is 0 Å². The van der Waals surface area contributed by atoms with Crippen molar-refractivity contribution in [3.05, 3.63) is 53.9 Å². The third-order valence-electron chi connectivity index (χ3n) is 3.93. The second kappa shape index (κ2) is 7.27. The van der Waals surface area contributed by atoms with Crippen molar-refractivity contribution in [2.75, 3.05) is 19.7 Å². The molecule has 1 amide bonds. The number of carbonyl (C=O) groups excluding carboxylic acids is 1. The standard InChI is InChI=1S/C17H19N3O4/c21-16(22)10-15-12-19(8-9-24-15)17(23)14-4-2-13(3-5-14)11-20-7-1-6-18-20/h1-7,15H,8-12H2,(H,21,22)/t15-/m1/s1. The van der Waals surface area contributed by atoms with Gasteiger partial charge >= 0.3 is 5.97 Å². The number of ether oxygens (including phenoxy) is 1. The third kappa shape index (κ3) is 3.99. The van der Waals surface area contributed by atoms with Gasteiger partial charge in [0.15, 0.2) is 0 Å². The van der Waals surface area contributed by atoms with Crippen LogP contribution in [0.5, 0.6) is 0 Å². The molecule has 0 unspecified atom stereocenters. The number of benzene rings is 1. The van der Waals surface area contributed by atoms with Crippen LogP contribution in [0.1, 0.15) is 22.3 Å². The molecule has 24 heavy (non-hydrogen) atoms. The Morgan fingerprint density at radius 2 is 2.08 bits per heavy atom. The van der Waals surface area contributed by atoms with E-state index in [0.29, 0.717) is 31.8 Å². The van der Waals surface area contributed by atoms with E-state index in [2.05, 4.69) is 5.10 Å². The smallest absolute Gasteiger partial charge is 0.306 e. The minimum Gasteiger partial charge on any atom is -0.481 e. The molecule has 1 fully saturated rings. The van der Waals surface area contributed by atoms with E-state index >= 15 is 0 Å². The first kappa shape index (κ1) is 16.2. The van der Waals surface area contributed by atoms with E-state index in [1.807, 2.05) is 29.1 Å². The number of hydrogen-bond donors (Lipinski definition) is 1. The number of amides is 1. The molecule has 0 aliphatic carbocycles. The fraction of sp³-hybridized carbons (Fsp3) is 0.353. The van der Waals surface area contributed by atoms with Gasteiger partial charge in [0, 0.05) is 31.0 Å². The lowest BCUT2D eigenvalue weighted by Gasteiger charge is -2.32. The molecule has 1 aliphatic rings. The average Bonchev–Trinajstić information content (AvgIpc) is 3.07. The van der Waals surface area contributed by atoms with Gasteiger partial charge in [0.05, 0.1) is 25.7 Å². The van der Waals surface area contributed by atoms with Crippen molar-refractivity contribution >= 4 is 11.9 Å². The van der Waals surface area contributed by atoms with E-state index in [9.17, 15) is 9.59 Å². The van der Waals surface area contributed by atoms with Gasteiger partial charge in [-0.15, -0.1) is 0 Å². The number of rotatable bonds is 5. The Labute approximate surface area is 139 Å². The zero-order valence-corrected chi connectivity index (χ0v) is 13.2. The average molecular weight is 329 g/mol. The minimum absolute atomic E-state index is 0.0907. The lowest BCUT2D eigenvalue weighted by molar-refractivity contribution is -0.141. The van der Waals surface area contributed by atoms with E-state index < -0.39 is 12.1 Å². The second-order valence-corrected chi connectivity index (χ2v) is 5.74. The van der Waals surface area contributed by atoms with Gasteiger partial charge in [0.2, 0.25) is 0 Å². The monoisotopic (exact) mass is 329 g/mol. The van der Waals surface area contributed by atoms with Crippen molar-refractivity contribution < 1.29 is 19.4 Å². The van der Waals surface area contributed by atoms with Crippen molar-refractivity contribution in [1.29, 1.82) is 0 Å². The summed E-state index contributed by atoms with van der Waals surface area (Å²) in [6, 6.07) is 9.27. The molecule has 1 aromatic heterocycles. The Balaban J connectivity index is 1.63. The summed E-state index contributed by atoms with van der Waals surface area (Å²) in [6.45, 7) is 1.80. The van der Waals surface area contributed by atoms with Crippen molar-refractivity contribution in [1.82, 2.24) is 14.7 Å². The summed E-state index contributed by atoms with van der Waals surface area (Å²) < 4.78 is 7.21. The van der Waals surface area contributed by atoms with Gasteiger partial charge < -0.3 is 14.7 Å². The maximum Gasteiger partial charge on any atom is 0.306 e. The summed E-state index contributed by atoms with van der Waals surface area (Å²) in [7, 11) is 0. The first-order valence-electron chi connectivity index (χ1n) is 7.81. The van der Waals surface area contributed by atoms with Crippen molar-refractivity contribution in [2.45, 2.75) is 19.1 Å². The summed E-state index contributed by atoms with van der Waals surface area (Å²) >= 11 is 0. The molecule has 3 rings (SSSR count). The summed E-state index contributed by atoms with van der Waals surface area (Å²) in [5, 5.41) is 13.0. The highest BCUT2D eigenvalue weighted by Gasteiger charge is 2.26. The summed E-state index contributed by atoms with van der Waals surface area (Å²) in [5.74, 6) is -1.02. The first-order chi connectivity index (χ1) is 11.6. The number of aromatic nitrogens is 2. The number of hydrogen-bond acceptors (Lipinski definition) is 4. The van der Waals surface area contributed by atoms with Crippen molar-refractivity contribution in [3.63, 3.8) is 0 Å². The highest BCUT2D eigenvalue weighted by atomic mass is 16.5. The van der Waals surface area contributed by atoms with E-state index in [1.54, 1.807) is 23.2 Å². The van der Waals surface area contributed by atoms with Crippen molar-refractivity contribution in [3.8, 4) is 0 Å². The number of morpholine rings is 1. The number of carbonyl (C=O) groups is 2. The number of carboxylic acids is 1. The molecule has 0 saturated carbocycles. The molecular formula is C17H19N3O4. The molecule has 2 heterocycles. The number of carboxylic acid groups (broad SMARTS) is 1. The van der Waals surface area contributed by atoms with Gasteiger partial charge in [-0.3, -0.25) is 14.3 Å². The summed E-state index contributed by atoms with van der Waals surface area (Å²) in [4.78, 5) is 25.0.